The zero-order valence-electron chi connectivity index (χ0n) is 67.5. The number of aromatic nitrogens is 10. The van der Waals surface area contributed by atoms with Gasteiger partial charge in [-0.2, -0.15) is 0 Å². The molecular formula is C85H87N15O9S12. The minimum atomic E-state index is -3.48. The summed E-state index contributed by atoms with van der Waals surface area (Å²) < 4.78 is 73.5. The molecule has 121 heavy (non-hydrogen) atoms. The Kier molecular flexibility index (Phi) is 29.5. The average molecular weight is 1850 g/mol. The van der Waals surface area contributed by atoms with Crippen LogP contribution in [0, 0.1) is 6.92 Å². The summed E-state index contributed by atoms with van der Waals surface area (Å²) in [6.07, 6.45) is 15.8. The average Bonchev–Trinajstić information content (AvgIpc) is 1.62. The van der Waals surface area contributed by atoms with Gasteiger partial charge in [0.15, 0.2) is 9.84 Å². The van der Waals surface area contributed by atoms with Gasteiger partial charge >= 0.3 is 5.97 Å². The number of imidazole rings is 1. The van der Waals surface area contributed by atoms with E-state index in [9.17, 15) is 35.7 Å². The Bertz CT molecular complexity index is 6580. The molecule has 0 saturated carbocycles. The molecule has 0 spiro atoms. The number of thiophene rings is 4. The van der Waals surface area contributed by atoms with Crippen LogP contribution in [0.3, 0.4) is 0 Å². The van der Waals surface area contributed by atoms with Crippen LogP contribution in [-0.2, 0) is 60.6 Å². The highest BCUT2D eigenvalue weighted by Gasteiger charge is 2.30. The van der Waals surface area contributed by atoms with Crippen LogP contribution in [0.25, 0.3) is 128 Å². The van der Waals surface area contributed by atoms with Gasteiger partial charge in [0.2, 0.25) is 0 Å². The number of rotatable bonds is 27. The molecule has 0 aliphatic carbocycles. The number of unbranched alkanes of at least 4 members (excludes halogenated alkanes) is 4. The molecule has 0 bridgehead atoms. The molecular weight excluding hydrogens is 1760 g/mol. The normalized spacial score (nSPS) is 12.2. The van der Waals surface area contributed by atoms with Crippen LogP contribution < -0.4 is 22.9 Å². The molecule has 16 aromatic rings. The Morgan fingerprint density at radius 3 is 1.25 bits per heavy atom. The zero-order valence-corrected chi connectivity index (χ0v) is 77.3. The number of esters is 1. The van der Waals surface area contributed by atoms with E-state index >= 15 is 0 Å². The molecule has 3 aromatic carbocycles. The lowest BCUT2D eigenvalue weighted by atomic mass is 9.99. The van der Waals surface area contributed by atoms with E-state index < -0.39 is 48.2 Å². The van der Waals surface area contributed by atoms with Gasteiger partial charge in [-0.25, -0.2) is 58.1 Å². The maximum Gasteiger partial charge on any atom is 0.337 e. The van der Waals surface area contributed by atoms with Gasteiger partial charge in [-0.3, -0.25) is 17.4 Å². The number of amides is 1. The smallest absolute Gasteiger partial charge is 0.337 e. The predicted octanol–water partition coefficient (Wildman–Crippen LogP) is 20.0. The maximum absolute atomic E-state index is 12.9. The molecule has 0 aliphatic heterocycles. The number of carbonyl (C=O) groups is 2. The van der Waals surface area contributed by atoms with Crippen LogP contribution in [0.2, 0.25) is 0 Å². The fourth-order valence-corrected chi connectivity index (χ4v) is 26.9. The number of fused-ring (bicyclic) bond motifs is 4. The van der Waals surface area contributed by atoms with Crippen molar-refractivity contribution in [3.63, 3.8) is 0 Å². The summed E-state index contributed by atoms with van der Waals surface area (Å²) in [7, 11) is -0.157. The Morgan fingerprint density at radius 1 is 0.496 bits per heavy atom. The lowest BCUT2D eigenvalue weighted by molar-refractivity contribution is 0.0600. The van der Waals surface area contributed by atoms with E-state index in [1.807, 2.05) is 126 Å². The molecule has 3 unspecified atom stereocenters. The van der Waals surface area contributed by atoms with Gasteiger partial charge in [-0.15, -0.1) is 90.7 Å². The molecule has 3 atom stereocenters. The first-order chi connectivity index (χ1) is 58.4. The van der Waals surface area contributed by atoms with E-state index in [0.717, 1.165) is 170 Å². The third kappa shape index (κ3) is 19.7. The summed E-state index contributed by atoms with van der Waals surface area (Å²) in [5.41, 5.74) is 39.5. The first kappa shape index (κ1) is 89.1. The standard InChI is InChI=1S/C23H24N4O2S3.C22H21N3O3S3.C21H21N3O3S3.C19H21N5OS3/c1-4-5-11-32(29)23-19(24)18-16(14-7-6-8-15(12-14)22(28)27(2)3)13-17(26-21(18)31-23)20-25-9-10-30-20;1-3-4-10-31(27)22-18(23)17-15(13-6-5-7-14(11-13)21(26)28-2)12-16(25-20(17)30-22)19-24-8-9-29-19;1-2-3-10-30(26,27)21-18(22)17-15(14-6-4-13(12-25)5-7-14)11-16(24-20(17)29-21)19-23-8-9-28-19;1-4-5-8-28(25)19-16(20)15-12(14-10-22-11(2)24(14)3)9-13(23-18(15)27-19)17-21-6-7-26-17/h6-10,12-13H,4-5,11,24H2,1-3H3;5-9,11-12H,3-4,10,23H2,1-2H3;4-9,11,25H,2-3,10,12,22H2,1H3;6-7,9-10H,4-5,8,20H2,1-3H3. The number of aryl methyl sites for hydroxylation is 1. The minimum Gasteiger partial charge on any atom is -0.465 e. The van der Waals surface area contributed by atoms with E-state index in [2.05, 4.69) is 45.7 Å². The summed E-state index contributed by atoms with van der Waals surface area (Å²) in [4.78, 5) is 70.1. The number of ether oxygens (including phenoxy) is 1. The van der Waals surface area contributed by atoms with Crippen molar-refractivity contribution in [1.82, 2.24) is 54.3 Å². The molecule has 24 nitrogen and oxygen atoms in total. The topological polar surface area (TPSA) is 377 Å². The van der Waals surface area contributed by atoms with Gasteiger partial charge in [0.25, 0.3) is 5.91 Å². The van der Waals surface area contributed by atoms with E-state index in [0.29, 0.717) is 90.9 Å². The second-order valence-corrected chi connectivity index (χ2v) is 43.0. The molecule has 13 heterocycles. The van der Waals surface area contributed by atoms with Gasteiger partial charge in [0.1, 0.15) is 84.8 Å². The highest BCUT2D eigenvalue weighted by molar-refractivity contribution is 7.93. The van der Waals surface area contributed by atoms with Crippen molar-refractivity contribution in [3.05, 3.63) is 172 Å². The molecule has 0 radical (unpaired) electrons. The van der Waals surface area contributed by atoms with Gasteiger partial charge < -0.3 is 42.2 Å². The number of sulfone groups is 1. The number of hydrogen-bond donors (Lipinski definition) is 5. The minimum absolute atomic E-state index is 0.0448. The number of hydrogen-bond acceptors (Lipinski definition) is 30. The molecule has 0 aliphatic rings. The third-order valence-electron chi connectivity index (χ3n) is 19.3. The second kappa shape index (κ2) is 40.1. The summed E-state index contributed by atoms with van der Waals surface area (Å²) in [5, 5.41) is 23.2. The molecule has 13 aromatic heterocycles. The van der Waals surface area contributed by atoms with E-state index in [1.165, 1.54) is 75.1 Å². The SMILES string of the molecule is CCCCS(=O)(=O)c1sc2nc(-c3nccs3)cc(-c3ccc(CO)cc3)c2c1N.CCCCS(=O)c1sc2nc(-c3nccs3)cc(-c3cccc(C(=O)N(C)C)c3)c2c1N.CCCCS(=O)c1sc2nc(-c3nccs3)cc(-c3cccc(C(=O)OC)c3)c2c1N.CCCCS(=O)c1sc2nc(-c3nccs3)cc(-c3cnc(C)n3C)c2c1N. The van der Waals surface area contributed by atoms with Crippen LogP contribution in [0.5, 0.6) is 0 Å². The van der Waals surface area contributed by atoms with Crippen LogP contribution in [0.1, 0.15) is 111 Å². The molecule has 0 saturated heterocycles. The van der Waals surface area contributed by atoms with Gasteiger partial charge in [0, 0.05) is 117 Å². The fourth-order valence-electron chi connectivity index (χ4n) is 12.9. The van der Waals surface area contributed by atoms with E-state index in [4.69, 9.17) is 47.6 Å². The van der Waals surface area contributed by atoms with Crippen molar-refractivity contribution in [3.8, 4) is 87.4 Å². The van der Waals surface area contributed by atoms with E-state index in [1.54, 1.807) is 79.4 Å². The summed E-state index contributed by atoms with van der Waals surface area (Å²) in [6.45, 7) is 10.1. The maximum atomic E-state index is 12.9. The number of nitrogens with two attached hydrogens (primary N) is 4. The summed E-state index contributed by atoms with van der Waals surface area (Å²) in [6, 6.07) is 30.0. The first-order valence-electron chi connectivity index (χ1n) is 38.5. The number of benzene rings is 3. The Labute approximate surface area is 739 Å². The lowest BCUT2D eigenvalue weighted by Gasteiger charge is -2.12. The zero-order chi connectivity index (χ0) is 85.9. The van der Waals surface area contributed by atoms with Crippen LogP contribution in [-0.4, -0.2) is 137 Å². The number of methoxy groups -OCH3 is 1. The quantitative estimate of drug-likeness (QED) is 0.0299. The number of pyridine rings is 4. The van der Waals surface area contributed by atoms with Gasteiger partial charge in [-0.05, 0) is 120 Å². The van der Waals surface area contributed by atoms with Crippen molar-refractivity contribution < 1.29 is 40.5 Å². The molecule has 16 rings (SSSR count). The molecule has 36 heteroatoms. The molecule has 9 N–H and O–H groups in total. The number of nitrogens with zero attached hydrogens (tertiary/aromatic N) is 11. The molecule has 0 fully saturated rings. The number of thiazole rings is 4. The van der Waals surface area contributed by atoms with Crippen LogP contribution >= 0.6 is 90.7 Å². The Morgan fingerprint density at radius 2 is 0.876 bits per heavy atom. The van der Waals surface area contributed by atoms with Gasteiger partial charge in [0.05, 0.1) is 92.1 Å². The van der Waals surface area contributed by atoms with Crippen molar-refractivity contribution in [1.29, 1.82) is 0 Å². The van der Waals surface area contributed by atoms with Crippen molar-refractivity contribution in [2.75, 3.05) is 67.2 Å². The molecule has 628 valence electrons. The lowest BCUT2D eigenvalue weighted by Crippen LogP contribution is -2.21. The highest BCUT2D eigenvalue weighted by atomic mass is 32.2. The van der Waals surface area contributed by atoms with Crippen LogP contribution in [0.15, 0.2) is 166 Å². The van der Waals surface area contributed by atoms with Crippen LogP contribution in [0.4, 0.5) is 22.7 Å². The Balaban J connectivity index is 0.000000139. The molecule has 1 amide bonds. The van der Waals surface area contributed by atoms with Crippen molar-refractivity contribution >= 4 is 208 Å². The number of aliphatic hydroxyl groups excluding tert-OH is 1. The summed E-state index contributed by atoms with van der Waals surface area (Å²) in [5.74, 6) is 2.27. The number of nitrogen functional groups attached to an aromatic ring is 4. The van der Waals surface area contributed by atoms with Crippen molar-refractivity contribution in [2.24, 2.45) is 7.05 Å². The first-order valence-corrected chi connectivity index (χ1v) is 50.9. The Hall–Kier alpha value is -9.67. The third-order valence-corrected chi connectivity index (χ3v) is 35.0. The predicted molar refractivity (Wildman–Crippen MR) is 505 cm³/mol. The highest BCUT2D eigenvalue weighted by Crippen LogP contribution is 2.49. The fraction of sp³-hybridized carbons (Fsp3) is 0.259. The monoisotopic (exact) mass is 1850 g/mol. The summed E-state index contributed by atoms with van der Waals surface area (Å²) >= 11 is 11.3. The number of anilines is 4. The van der Waals surface area contributed by atoms with E-state index in [-0.39, 0.29) is 28.2 Å². The van der Waals surface area contributed by atoms with Crippen molar-refractivity contribution in [2.45, 2.75) is 109 Å². The second-order valence-electron chi connectivity index (χ2n) is 27.8. The largest absolute Gasteiger partial charge is 0.465 e. The van der Waals surface area contributed by atoms with Gasteiger partial charge in [-0.1, -0.05) is 102 Å². The number of aliphatic hydroxyl groups is 1. The number of carbonyl (C=O) groups excluding carboxylic acids is 2.